The molecule has 0 amide bonds. The average Bonchev–Trinajstić information content (AvgIpc) is 2.45. The van der Waals surface area contributed by atoms with Crippen LogP contribution in [0, 0.1) is 0 Å². The van der Waals surface area contributed by atoms with E-state index in [1.54, 1.807) is 0 Å². The largest absolute Gasteiger partial charge is 0.411 e. The second-order valence-electron chi connectivity index (χ2n) is 2.76. The number of Topliss-reactive ketones (excluding diaryl/α,β-unsaturated/α-hetero) is 1. The van der Waals surface area contributed by atoms with E-state index >= 15 is 0 Å². The Bertz CT molecular complexity index is 372. The summed E-state index contributed by atoms with van der Waals surface area (Å²) in [5.74, 6) is -0.526. The van der Waals surface area contributed by atoms with E-state index in [4.69, 9.17) is 11.6 Å². The number of alkyl halides is 3. The van der Waals surface area contributed by atoms with E-state index in [0.29, 0.717) is 8.81 Å². The summed E-state index contributed by atoms with van der Waals surface area (Å²) in [5, 5.41) is 0. The fourth-order valence-corrected chi connectivity index (χ4v) is 2.44. The first-order chi connectivity index (χ1) is 7.29. The lowest BCUT2D eigenvalue weighted by Gasteiger charge is -2.05. The van der Waals surface area contributed by atoms with Crippen LogP contribution in [0.15, 0.2) is 10.5 Å². The Kier molecular flexibility index (Phi) is 4.78. The van der Waals surface area contributed by atoms with Crippen molar-refractivity contribution in [2.45, 2.75) is 6.18 Å². The molecule has 0 aliphatic carbocycles. The number of carbonyl (C=O) groups excluding carboxylic acids is 1. The van der Waals surface area contributed by atoms with Crippen molar-refractivity contribution in [2.24, 2.45) is 0 Å². The molecule has 1 rings (SSSR count). The highest BCUT2D eigenvalue weighted by atomic mass is 79.9. The van der Waals surface area contributed by atoms with E-state index in [0.717, 1.165) is 11.3 Å². The number of ketones is 1. The van der Waals surface area contributed by atoms with E-state index in [9.17, 15) is 18.0 Å². The third-order valence-corrected chi connectivity index (χ3v) is 3.93. The van der Waals surface area contributed by atoms with Crippen molar-refractivity contribution in [3.63, 3.8) is 0 Å². The maximum atomic E-state index is 11.7. The monoisotopic (exact) mass is 336 g/mol. The predicted molar refractivity (Wildman–Crippen MR) is 58.2 cm³/mol. The molecular formula is C8H5BrClF3O2S. The van der Waals surface area contributed by atoms with Crippen LogP contribution in [0.2, 0.25) is 4.34 Å². The molecule has 0 aliphatic rings. The molecule has 0 unspecified atom stereocenters. The van der Waals surface area contributed by atoms with Gasteiger partial charge < -0.3 is 4.74 Å². The molecule has 0 atom stereocenters. The molecule has 0 aliphatic heterocycles. The van der Waals surface area contributed by atoms with Gasteiger partial charge in [-0.1, -0.05) is 11.6 Å². The van der Waals surface area contributed by atoms with Gasteiger partial charge in [0.25, 0.3) is 0 Å². The molecule has 1 heterocycles. The number of rotatable bonds is 4. The van der Waals surface area contributed by atoms with Crippen molar-refractivity contribution in [1.82, 2.24) is 0 Å². The minimum absolute atomic E-state index is 0.263. The van der Waals surface area contributed by atoms with Crippen LogP contribution in [-0.2, 0) is 4.74 Å². The van der Waals surface area contributed by atoms with Crippen LogP contribution >= 0.6 is 38.9 Å². The van der Waals surface area contributed by atoms with Gasteiger partial charge in [0.05, 0.1) is 4.88 Å². The molecule has 1 aromatic heterocycles. The normalized spacial score (nSPS) is 11.8. The molecular weight excluding hydrogens is 333 g/mol. The van der Waals surface area contributed by atoms with Gasteiger partial charge >= 0.3 is 6.18 Å². The van der Waals surface area contributed by atoms with Crippen molar-refractivity contribution in [3.05, 3.63) is 19.8 Å². The highest BCUT2D eigenvalue weighted by Crippen LogP contribution is 2.32. The quantitative estimate of drug-likeness (QED) is 0.778. The maximum absolute atomic E-state index is 11.7. The smallest absolute Gasteiger partial charge is 0.364 e. The Morgan fingerprint density at radius 3 is 2.62 bits per heavy atom. The third kappa shape index (κ3) is 4.40. The summed E-state index contributed by atoms with van der Waals surface area (Å²) in [6.45, 7) is -2.04. The van der Waals surface area contributed by atoms with Gasteiger partial charge in [0.1, 0.15) is 17.6 Å². The lowest BCUT2D eigenvalue weighted by Crippen LogP contribution is -2.20. The lowest BCUT2D eigenvalue weighted by atomic mass is 10.3. The van der Waals surface area contributed by atoms with Crippen LogP contribution in [-0.4, -0.2) is 25.2 Å². The Balaban J connectivity index is 2.47. The number of ether oxygens (including phenoxy) is 1. The van der Waals surface area contributed by atoms with Crippen LogP contribution in [0.1, 0.15) is 9.67 Å². The SMILES string of the molecule is O=C(COCC(F)(F)F)c1cc(Br)c(Cl)s1. The van der Waals surface area contributed by atoms with Gasteiger partial charge in [-0.25, -0.2) is 0 Å². The fraction of sp³-hybridized carbons (Fsp3) is 0.375. The molecule has 16 heavy (non-hydrogen) atoms. The van der Waals surface area contributed by atoms with Gasteiger partial charge in [0.15, 0.2) is 5.78 Å². The fourth-order valence-electron chi connectivity index (χ4n) is 0.815. The van der Waals surface area contributed by atoms with E-state index in [2.05, 4.69) is 20.7 Å². The van der Waals surface area contributed by atoms with Crippen LogP contribution in [0.5, 0.6) is 0 Å². The summed E-state index contributed by atoms with van der Waals surface area (Å²) >= 11 is 9.76. The Labute approximate surface area is 106 Å². The molecule has 0 spiro atoms. The second kappa shape index (κ2) is 5.48. The third-order valence-electron chi connectivity index (χ3n) is 1.42. The minimum Gasteiger partial charge on any atom is -0.364 e. The molecule has 0 aromatic carbocycles. The highest BCUT2D eigenvalue weighted by Gasteiger charge is 2.28. The molecule has 0 saturated heterocycles. The molecule has 0 N–H and O–H groups in total. The minimum atomic E-state index is -4.42. The molecule has 90 valence electrons. The van der Waals surface area contributed by atoms with Gasteiger partial charge in [-0.3, -0.25) is 4.79 Å². The molecule has 0 saturated carbocycles. The first-order valence-corrected chi connectivity index (χ1v) is 5.91. The second-order valence-corrected chi connectivity index (χ2v) is 5.27. The summed E-state index contributed by atoms with van der Waals surface area (Å²) in [5.41, 5.74) is 0. The van der Waals surface area contributed by atoms with Crippen molar-refractivity contribution >= 4 is 44.7 Å². The number of carbonyl (C=O) groups is 1. The Morgan fingerprint density at radius 2 is 2.19 bits per heavy atom. The molecule has 2 nitrogen and oxygen atoms in total. The van der Waals surface area contributed by atoms with E-state index in [-0.39, 0.29) is 4.88 Å². The van der Waals surface area contributed by atoms with Gasteiger partial charge in [-0.05, 0) is 22.0 Å². The van der Waals surface area contributed by atoms with Gasteiger partial charge in [0.2, 0.25) is 0 Å². The topological polar surface area (TPSA) is 26.3 Å². The van der Waals surface area contributed by atoms with E-state index < -0.39 is 25.2 Å². The van der Waals surface area contributed by atoms with Crippen molar-refractivity contribution < 1.29 is 22.7 Å². The first kappa shape index (κ1) is 14.0. The van der Waals surface area contributed by atoms with E-state index in [1.807, 2.05) is 0 Å². The molecule has 0 bridgehead atoms. The van der Waals surface area contributed by atoms with Gasteiger partial charge in [-0.15, -0.1) is 11.3 Å². The van der Waals surface area contributed by atoms with Crippen molar-refractivity contribution in [1.29, 1.82) is 0 Å². The van der Waals surface area contributed by atoms with Gasteiger partial charge in [0, 0.05) is 4.47 Å². The lowest BCUT2D eigenvalue weighted by molar-refractivity contribution is -0.170. The number of hydrogen-bond donors (Lipinski definition) is 0. The number of thiophene rings is 1. The summed E-state index contributed by atoms with van der Waals surface area (Å²) in [7, 11) is 0. The zero-order valence-corrected chi connectivity index (χ0v) is 10.8. The molecule has 0 radical (unpaired) electrons. The Morgan fingerprint density at radius 1 is 1.56 bits per heavy atom. The molecule has 1 aromatic rings. The van der Waals surface area contributed by atoms with Crippen molar-refractivity contribution in [2.75, 3.05) is 13.2 Å². The molecule has 8 heteroatoms. The first-order valence-electron chi connectivity index (χ1n) is 3.92. The molecule has 0 fully saturated rings. The summed E-state index contributed by atoms with van der Waals surface area (Å²) in [4.78, 5) is 11.6. The van der Waals surface area contributed by atoms with Crippen LogP contribution < -0.4 is 0 Å². The van der Waals surface area contributed by atoms with Crippen LogP contribution in [0.3, 0.4) is 0 Å². The predicted octanol–water partition coefficient (Wildman–Crippen LogP) is 3.93. The zero-order valence-electron chi connectivity index (χ0n) is 7.61. The average molecular weight is 338 g/mol. The maximum Gasteiger partial charge on any atom is 0.411 e. The van der Waals surface area contributed by atoms with Gasteiger partial charge in [-0.2, -0.15) is 13.2 Å². The van der Waals surface area contributed by atoms with Crippen molar-refractivity contribution in [3.8, 4) is 0 Å². The summed E-state index contributed by atoms with van der Waals surface area (Å²) in [6.07, 6.45) is -4.42. The van der Waals surface area contributed by atoms with E-state index in [1.165, 1.54) is 6.07 Å². The number of halogens is 5. The summed E-state index contributed by atoms with van der Waals surface area (Å²) < 4.78 is 40.3. The highest BCUT2D eigenvalue weighted by molar-refractivity contribution is 9.10. The zero-order chi connectivity index (χ0) is 12.3. The summed E-state index contributed by atoms with van der Waals surface area (Å²) in [6, 6.07) is 1.45. The Hall–Kier alpha value is -0.110. The van der Waals surface area contributed by atoms with Crippen LogP contribution in [0.25, 0.3) is 0 Å². The van der Waals surface area contributed by atoms with Crippen LogP contribution in [0.4, 0.5) is 13.2 Å². The number of hydrogen-bond acceptors (Lipinski definition) is 3. The standard InChI is InChI=1S/C8H5BrClF3O2S/c9-4-1-6(16-7(4)10)5(14)2-15-3-8(11,12)13/h1H,2-3H2.